The lowest BCUT2D eigenvalue weighted by Crippen LogP contribution is -2.17. The lowest BCUT2D eigenvalue weighted by atomic mass is 9.75. The number of benzene rings is 1. The van der Waals surface area contributed by atoms with Crippen LogP contribution in [0.3, 0.4) is 0 Å². The molecule has 2 saturated carbocycles. The van der Waals surface area contributed by atoms with Gasteiger partial charge in [-0.25, -0.2) is 0 Å². The molecule has 1 aromatic rings. The van der Waals surface area contributed by atoms with Crippen molar-refractivity contribution in [2.45, 2.75) is 85.0 Å². The predicted octanol–water partition coefficient (Wildman–Crippen LogP) is 7.09. The molecule has 0 heteroatoms. The molecule has 22 heavy (non-hydrogen) atoms. The fourth-order valence-electron chi connectivity index (χ4n) is 4.10. The minimum absolute atomic E-state index is 1.03. The van der Waals surface area contributed by atoms with Gasteiger partial charge in [-0.1, -0.05) is 100 Å². The maximum atomic E-state index is 2.43. The van der Waals surface area contributed by atoms with Crippen LogP contribution in [-0.2, 0) is 0 Å². The first-order valence-electron chi connectivity index (χ1n) is 9.66. The van der Waals surface area contributed by atoms with Gasteiger partial charge in [0.15, 0.2) is 0 Å². The van der Waals surface area contributed by atoms with E-state index in [0.29, 0.717) is 0 Å². The molecule has 0 atom stereocenters. The third kappa shape index (κ3) is 6.55. The Bertz CT molecular complexity index is 368. The second kappa shape index (κ2) is 9.38. The van der Waals surface area contributed by atoms with Crippen molar-refractivity contribution in [3.05, 3.63) is 35.4 Å². The molecule has 0 nitrogen and oxygen atoms in total. The van der Waals surface area contributed by atoms with Gasteiger partial charge in [-0.15, -0.1) is 0 Å². The standard InChI is InChI=1S/C14H26.C8H10/c1-12-7-9-14(10-8-12)11-13-5-3-2-4-6-13;1-7-3-5-8(2)6-4-7/h12-14H,2-11H2,1H3;3-6H,1-2H3. The van der Waals surface area contributed by atoms with Crippen LogP contribution in [0.2, 0.25) is 0 Å². The summed E-state index contributed by atoms with van der Waals surface area (Å²) in [5, 5.41) is 0. The second-order valence-electron chi connectivity index (χ2n) is 8.02. The highest BCUT2D eigenvalue weighted by atomic mass is 14.3. The molecule has 0 spiro atoms. The molecule has 1 aromatic carbocycles. The topological polar surface area (TPSA) is 0 Å². The van der Waals surface area contributed by atoms with Crippen molar-refractivity contribution >= 4 is 0 Å². The third-order valence-electron chi connectivity index (χ3n) is 5.75. The van der Waals surface area contributed by atoms with E-state index in [1.54, 1.807) is 19.3 Å². The first kappa shape index (κ1) is 17.6. The third-order valence-corrected chi connectivity index (χ3v) is 5.75. The maximum absolute atomic E-state index is 2.43. The van der Waals surface area contributed by atoms with Crippen molar-refractivity contribution in [3.8, 4) is 0 Å². The van der Waals surface area contributed by atoms with Gasteiger partial charge in [0.05, 0.1) is 0 Å². The van der Waals surface area contributed by atoms with Gasteiger partial charge in [0.1, 0.15) is 0 Å². The molecule has 0 heterocycles. The van der Waals surface area contributed by atoms with E-state index < -0.39 is 0 Å². The molecule has 0 saturated heterocycles. The first-order chi connectivity index (χ1) is 10.6. The van der Waals surface area contributed by atoms with Crippen molar-refractivity contribution in [2.24, 2.45) is 17.8 Å². The van der Waals surface area contributed by atoms with Crippen molar-refractivity contribution in [1.29, 1.82) is 0 Å². The largest absolute Gasteiger partial charge is 0.0625 e. The molecule has 2 aliphatic rings. The fourth-order valence-corrected chi connectivity index (χ4v) is 4.10. The van der Waals surface area contributed by atoms with Crippen LogP contribution in [0.1, 0.15) is 82.3 Å². The van der Waals surface area contributed by atoms with Gasteiger partial charge in [-0.3, -0.25) is 0 Å². The number of hydrogen-bond acceptors (Lipinski definition) is 0. The Morgan fingerprint density at radius 2 is 1.14 bits per heavy atom. The average Bonchev–Trinajstić information content (AvgIpc) is 2.54. The molecule has 0 radical (unpaired) electrons. The summed E-state index contributed by atoms with van der Waals surface area (Å²) in [6.45, 7) is 6.62. The Kier molecular flexibility index (Phi) is 7.49. The summed E-state index contributed by atoms with van der Waals surface area (Å²) < 4.78 is 0. The van der Waals surface area contributed by atoms with E-state index in [1.807, 2.05) is 0 Å². The molecule has 124 valence electrons. The highest BCUT2D eigenvalue weighted by Gasteiger charge is 2.22. The normalized spacial score (nSPS) is 26.1. The van der Waals surface area contributed by atoms with Crippen molar-refractivity contribution in [2.75, 3.05) is 0 Å². The molecule has 3 rings (SSSR count). The Balaban J connectivity index is 0.000000188. The van der Waals surface area contributed by atoms with Crippen LogP contribution >= 0.6 is 0 Å². The minimum Gasteiger partial charge on any atom is -0.0625 e. The zero-order valence-electron chi connectivity index (χ0n) is 15.1. The summed E-state index contributed by atoms with van der Waals surface area (Å²) in [5.74, 6) is 3.24. The molecule has 0 amide bonds. The van der Waals surface area contributed by atoms with E-state index in [2.05, 4.69) is 45.0 Å². The van der Waals surface area contributed by atoms with Crippen LogP contribution in [0.4, 0.5) is 0 Å². The predicted molar refractivity (Wildman–Crippen MR) is 98.2 cm³/mol. The monoisotopic (exact) mass is 300 g/mol. The van der Waals surface area contributed by atoms with Gasteiger partial charge in [-0.2, -0.15) is 0 Å². The molecule has 0 bridgehead atoms. The lowest BCUT2D eigenvalue weighted by Gasteiger charge is -2.31. The number of hydrogen-bond donors (Lipinski definition) is 0. The molecule has 0 N–H and O–H groups in total. The summed E-state index contributed by atoms with van der Waals surface area (Å²) in [7, 11) is 0. The molecule has 0 aromatic heterocycles. The van der Waals surface area contributed by atoms with Crippen LogP contribution < -0.4 is 0 Å². The van der Waals surface area contributed by atoms with Gasteiger partial charge >= 0.3 is 0 Å². The Hall–Kier alpha value is -0.780. The van der Waals surface area contributed by atoms with Crippen molar-refractivity contribution < 1.29 is 0 Å². The zero-order valence-corrected chi connectivity index (χ0v) is 15.1. The van der Waals surface area contributed by atoms with Crippen LogP contribution in [-0.4, -0.2) is 0 Å². The van der Waals surface area contributed by atoms with Crippen molar-refractivity contribution in [3.63, 3.8) is 0 Å². The lowest BCUT2D eigenvalue weighted by molar-refractivity contribution is 0.218. The van der Waals surface area contributed by atoms with E-state index in [-0.39, 0.29) is 0 Å². The van der Waals surface area contributed by atoms with Crippen molar-refractivity contribution in [1.82, 2.24) is 0 Å². The summed E-state index contributed by atoms with van der Waals surface area (Å²) in [5.41, 5.74) is 2.66. The van der Waals surface area contributed by atoms with Gasteiger partial charge in [0.25, 0.3) is 0 Å². The highest BCUT2D eigenvalue weighted by molar-refractivity contribution is 5.19. The van der Waals surface area contributed by atoms with Crippen LogP contribution in [0.25, 0.3) is 0 Å². The number of aryl methyl sites for hydroxylation is 2. The number of rotatable bonds is 2. The second-order valence-corrected chi connectivity index (χ2v) is 8.02. The van der Waals surface area contributed by atoms with E-state index in [9.17, 15) is 0 Å². The van der Waals surface area contributed by atoms with Crippen LogP contribution in [0.15, 0.2) is 24.3 Å². The van der Waals surface area contributed by atoms with E-state index in [4.69, 9.17) is 0 Å². The summed E-state index contributed by atoms with van der Waals surface area (Å²) >= 11 is 0. The summed E-state index contributed by atoms with van der Waals surface area (Å²) in [4.78, 5) is 0. The zero-order chi connectivity index (χ0) is 15.8. The molecule has 2 aliphatic carbocycles. The Morgan fingerprint density at radius 1 is 0.682 bits per heavy atom. The summed E-state index contributed by atoms with van der Waals surface area (Å²) in [6.07, 6.45) is 15.3. The van der Waals surface area contributed by atoms with Gasteiger partial charge in [0.2, 0.25) is 0 Å². The van der Waals surface area contributed by atoms with Crippen LogP contribution in [0.5, 0.6) is 0 Å². The first-order valence-corrected chi connectivity index (χ1v) is 9.66. The van der Waals surface area contributed by atoms with E-state index >= 15 is 0 Å². The Labute approximate surface area is 138 Å². The average molecular weight is 301 g/mol. The molecular weight excluding hydrogens is 264 g/mol. The van der Waals surface area contributed by atoms with E-state index in [1.165, 1.54) is 56.1 Å². The quantitative estimate of drug-likeness (QED) is 0.547. The smallest absolute Gasteiger partial charge is 0.0398 e. The molecule has 0 unspecified atom stereocenters. The highest BCUT2D eigenvalue weighted by Crippen LogP contribution is 2.36. The maximum Gasteiger partial charge on any atom is -0.0398 e. The van der Waals surface area contributed by atoms with Gasteiger partial charge in [-0.05, 0) is 38.0 Å². The molecular formula is C22H36. The fraction of sp³-hybridized carbons (Fsp3) is 0.727. The van der Waals surface area contributed by atoms with Gasteiger partial charge < -0.3 is 0 Å². The SMILES string of the molecule is CC1CCC(CC2CCCCC2)CC1.Cc1ccc(C)cc1. The van der Waals surface area contributed by atoms with Crippen LogP contribution in [0, 0.1) is 31.6 Å². The Morgan fingerprint density at radius 3 is 1.64 bits per heavy atom. The summed E-state index contributed by atoms with van der Waals surface area (Å²) in [6, 6.07) is 8.48. The van der Waals surface area contributed by atoms with E-state index in [0.717, 1.165) is 17.8 Å². The van der Waals surface area contributed by atoms with Gasteiger partial charge in [0, 0.05) is 0 Å². The molecule has 2 fully saturated rings. The minimum atomic E-state index is 1.03. The molecule has 0 aliphatic heterocycles.